The van der Waals surface area contributed by atoms with E-state index in [1.54, 1.807) is 6.07 Å². The minimum atomic E-state index is -1.87. The van der Waals surface area contributed by atoms with Crippen molar-refractivity contribution in [3.63, 3.8) is 0 Å². The predicted octanol–water partition coefficient (Wildman–Crippen LogP) is 15.3. The van der Waals surface area contributed by atoms with E-state index in [9.17, 15) is 5.48 Å². The molecule has 0 N–H and O–H groups in total. The van der Waals surface area contributed by atoms with Crippen LogP contribution < -0.4 is 14.5 Å². The fourth-order valence-electron chi connectivity index (χ4n) is 8.07. The van der Waals surface area contributed by atoms with Crippen molar-refractivity contribution in [2.75, 3.05) is 9.80 Å². The van der Waals surface area contributed by atoms with Crippen LogP contribution in [0.3, 0.4) is 0 Å². The van der Waals surface area contributed by atoms with Crippen LogP contribution in [-0.4, -0.2) is 9.55 Å². The first-order valence-electron chi connectivity index (χ1n) is 23.7. The van der Waals surface area contributed by atoms with E-state index in [1.807, 2.05) is 80.9 Å². The molecule has 1 aliphatic heterocycles. The van der Waals surface area contributed by atoms with Gasteiger partial charge < -0.3 is 19.1 Å². The quantitative estimate of drug-likeness (QED) is 0.135. The number of fused-ring (bicyclic) bond motifs is 4. The summed E-state index contributed by atoms with van der Waals surface area (Å²) >= 11 is 0. The van der Waals surface area contributed by atoms with E-state index < -0.39 is 24.6 Å². The average Bonchev–Trinajstić information content (AvgIpc) is 3.78. The molecule has 7 aromatic rings. The zero-order valence-electron chi connectivity index (χ0n) is 42.6. The number of pyridine rings is 1. The number of ether oxygens (including phenoxy) is 1. The van der Waals surface area contributed by atoms with Crippen LogP contribution in [-0.2, 0) is 50.1 Å². The first kappa shape index (κ1) is 39.9. The van der Waals surface area contributed by atoms with E-state index in [-0.39, 0.29) is 37.3 Å². The Morgan fingerprint density at radius 1 is 0.661 bits per heavy atom. The fraction of sp³-hybridized carbons (Fsp3) is 0.357. The van der Waals surface area contributed by atoms with Gasteiger partial charge in [0.25, 0.3) is 0 Å². The summed E-state index contributed by atoms with van der Waals surface area (Å²) in [6.45, 7) is 29.6. The van der Waals surface area contributed by atoms with Crippen LogP contribution >= 0.6 is 0 Å². The summed E-state index contributed by atoms with van der Waals surface area (Å²) in [5, 5.41) is 1.39. The van der Waals surface area contributed by atoms with Crippen molar-refractivity contribution in [1.29, 1.82) is 0 Å². The van der Waals surface area contributed by atoms with Crippen LogP contribution in [0.2, 0.25) is 0 Å². The summed E-state index contributed by atoms with van der Waals surface area (Å²) in [7, 11) is 0. The van der Waals surface area contributed by atoms with E-state index in [0.29, 0.717) is 39.3 Å². The SMILES string of the molecule is [2H]C([2H])(c1ccc2c(c1C([2H])([2H])C(C)C)c1ccc(Oc3[c-]c(N4[CH-]N(c5cc(C(C)(C)C)cc(C(C)(C)C)c5)c5ccccc54)ccc3)[c-]c1n2-c1cc(C(C)(C)C)ccn1)C(C)C.[Pt]. The molecule has 0 fully saturated rings. The standard InChI is InChI=1S/C56H63N4O.Pt/c1-36(2)27-38-21-24-50-53(47(38)28-37(3)4)46-23-22-45(34-51(46)60(50)52-32-39(25-26-57-52)54(5,6)7)61-44-18-16-17-42(33-44)58-35-59(49-20-15-14-19-48(49)58)43-30-40(55(8,9)10)29-41(31-43)56(11,12)13;/h14-26,29-32,35-37H,27-28H2,1-13H3;/q-3;/i27D2,28D2;. The van der Waals surface area contributed by atoms with E-state index >= 15 is 0 Å². The van der Waals surface area contributed by atoms with Gasteiger partial charge in [-0.3, -0.25) is 0 Å². The van der Waals surface area contributed by atoms with Crippen molar-refractivity contribution in [2.24, 2.45) is 11.8 Å². The monoisotopic (exact) mass is 1010 g/mol. The van der Waals surface area contributed by atoms with Crippen LogP contribution in [0.25, 0.3) is 27.6 Å². The number of hydrogen-bond donors (Lipinski definition) is 0. The van der Waals surface area contributed by atoms with Gasteiger partial charge in [0.05, 0.1) is 0 Å². The van der Waals surface area contributed by atoms with Gasteiger partial charge in [-0.15, -0.1) is 48.1 Å². The third kappa shape index (κ3) is 8.98. The number of aromatic nitrogens is 2. The van der Waals surface area contributed by atoms with E-state index in [4.69, 9.17) is 9.72 Å². The van der Waals surface area contributed by atoms with Crippen molar-refractivity contribution < 1.29 is 31.3 Å². The van der Waals surface area contributed by atoms with Crippen LogP contribution in [0.1, 0.15) is 123 Å². The minimum absolute atomic E-state index is 0. The Morgan fingerprint density at radius 3 is 1.92 bits per heavy atom. The molecule has 6 heteroatoms. The first-order chi connectivity index (χ1) is 30.3. The van der Waals surface area contributed by atoms with E-state index in [2.05, 4.69) is 139 Å². The molecule has 0 unspecified atom stereocenters. The second-order valence-electron chi connectivity index (χ2n) is 20.2. The molecule has 3 heterocycles. The second kappa shape index (κ2) is 17.0. The molecule has 0 amide bonds. The minimum Gasteiger partial charge on any atom is -0.509 e. The smallest absolute Gasteiger partial charge is 0.135 e. The van der Waals surface area contributed by atoms with Gasteiger partial charge >= 0.3 is 0 Å². The summed E-state index contributed by atoms with van der Waals surface area (Å²) in [4.78, 5) is 9.30. The molecule has 326 valence electrons. The van der Waals surface area contributed by atoms with E-state index in [0.717, 1.165) is 39.2 Å². The van der Waals surface area contributed by atoms with Gasteiger partial charge in [0.15, 0.2) is 0 Å². The van der Waals surface area contributed by atoms with Gasteiger partial charge in [-0.2, -0.15) is 12.1 Å². The molecule has 1 aliphatic rings. The van der Waals surface area contributed by atoms with Crippen molar-refractivity contribution in [3.8, 4) is 17.3 Å². The Labute approximate surface area is 391 Å². The number of hydrogen-bond acceptors (Lipinski definition) is 4. The Morgan fingerprint density at radius 2 is 1.29 bits per heavy atom. The molecule has 0 radical (unpaired) electrons. The first-order valence-corrected chi connectivity index (χ1v) is 21.7. The molecule has 0 spiro atoms. The zero-order valence-corrected chi connectivity index (χ0v) is 40.8. The summed E-state index contributed by atoms with van der Waals surface area (Å²) in [5.41, 5.74) is 9.52. The number of nitrogens with zero attached hydrogens (tertiary/aromatic N) is 4. The maximum atomic E-state index is 9.55. The van der Waals surface area contributed by atoms with Crippen LogP contribution in [0.5, 0.6) is 11.5 Å². The number of rotatable bonds is 9. The molecule has 0 aliphatic carbocycles. The number of benzene rings is 5. The van der Waals surface area contributed by atoms with Gasteiger partial charge in [-0.05, 0) is 116 Å². The van der Waals surface area contributed by atoms with Crippen LogP contribution in [0.15, 0.2) is 103 Å². The maximum Gasteiger partial charge on any atom is 0.135 e. The molecule has 0 saturated carbocycles. The molecule has 62 heavy (non-hydrogen) atoms. The molecule has 8 rings (SSSR count). The Hall–Kier alpha value is -4.86. The van der Waals surface area contributed by atoms with Gasteiger partial charge in [0, 0.05) is 66.8 Å². The zero-order chi connectivity index (χ0) is 47.2. The molecule has 0 atom stereocenters. The third-order valence-electron chi connectivity index (χ3n) is 11.3. The normalized spacial score (nSPS) is 14.8. The van der Waals surface area contributed by atoms with Crippen LogP contribution in [0.4, 0.5) is 22.7 Å². The van der Waals surface area contributed by atoms with Gasteiger partial charge in [0.1, 0.15) is 5.82 Å². The summed E-state index contributed by atoms with van der Waals surface area (Å²) in [6.07, 6.45) is -1.85. The third-order valence-corrected chi connectivity index (χ3v) is 11.3. The summed E-state index contributed by atoms with van der Waals surface area (Å²) in [6, 6.07) is 40.0. The van der Waals surface area contributed by atoms with Crippen molar-refractivity contribution in [3.05, 3.63) is 150 Å². The maximum absolute atomic E-state index is 9.55. The topological polar surface area (TPSA) is 33.5 Å². The molecule has 5 aromatic carbocycles. The van der Waals surface area contributed by atoms with Gasteiger partial charge in [-0.1, -0.05) is 120 Å². The average molecular weight is 1010 g/mol. The molecule has 0 saturated heterocycles. The van der Waals surface area contributed by atoms with E-state index in [1.165, 1.54) is 11.1 Å². The van der Waals surface area contributed by atoms with Crippen molar-refractivity contribution in [1.82, 2.24) is 9.55 Å². The summed E-state index contributed by atoms with van der Waals surface area (Å²) in [5.74, 6) is 0.785. The Bertz CT molecular complexity index is 2900. The van der Waals surface area contributed by atoms with Crippen molar-refractivity contribution in [2.45, 2.75) is 119 Å². The molecular formula is C56H63N4OPt-3. The summed E-state index contributed by atoms with van der Waals surface area (Å²) < 4.78 is 46.3. The Balaban J connectivity index is 0.00000648. The largest absolute Gasteiger partial charge is 0.509 e. The molecule has 2 aromatic heterocycles. The second-order valence-corrected chi connectivity index (χ2v) is 20.2. The molecule has 5 nitrogen and oxygen atoms in total. The number of anilines is 4. The van der Waals surface area contributed by atoms with Crippen molar-refractivity contribution >= 4 is 44.6 Å². The number of para-hydroxylation sites is 2. The molecule has 0 bridgehead atoms. The van der Waals surface area contributed by atoms with Gasteiger partial charge in [0.2, 0.25) is 0 Å². The van der Waals surface area contributed by atoms with Crippen LogP contribution in [0, 0.1) is 30.6 Å². The fourth-order valence-corrected chi connectivity index (χ4v) is 8.07. The predicted molar refractivity (Wildman–Crippen MR) is 257 cm³/mol. The Kier molecular flexibility index (Phi) is 11.0. The van der Waals surface area contributed by atoms with Gasteiger partial charge in [-0.25, -0.2) is 4.98 Å². The molecular weight excluding hydrogens is 940 g/mol.